The fourth-order valence-electron chi connectivity index (χ4n) is 3.65. The maximum Gasteiger partial charge on any atom is 0.191 e. The molecule has 0 saturated carbocycles. The van der Waals surface area contributed by atoms with Crippen LogP contribution in [0.4, 0.5) is 0 Å². The van der Waals surface area contributed by atoms with Crippen LogP contribution in [0.5, 0.6) is 0 Å². The number of hydrogen-bond donors (Lipinski definition) is 2. The third-order valence-electron chi connectivity index (χ3n) is 5.13. The highest BCUT2D eigenvalue weighted by Gasteiger charge is 2.24. The summed E-state index contributed by atoms with van der Waals surface area (Å²) >= 11 is 0. The number of nitrogens with zero attached hydrogens (tertiary/aromatic N) is 4. The van der Waals surface area contributed by atoms with Gasteiger partial charge in [0.2, 0.25) is 0 Å². The topological polar surface area (TPSA) is 57.5 Å². The van der Waals surface area contributed by atoms with Crippen molar-refractivity contribution < 1.29 is 0 Å². The molecule has 3 rings (SSSR count). The summed E-state index contributed by atoms with van der Waals surface area (Å²) in [7, 11) is 1.84. The van der Waals surface area contributed by atoms with E-state index in [1.54, 1.807) is 0 Å². The second kappa shape index (κ2) is 10.1. The summed E-state index contributed by atoms with van der Waals surface area (Å²) in [6, 6.07) is 13.3. The summed E-state index contributed by atoms with van der Waals surface area (Å²) in [6.45, 7) is 7.14. The molecule has 6 heteroatoms. The maximum atomic E-state index is 4.38. The summed E-state index contributed by atoms with van der Waals surface area (Å²) in [5.74, 6) is 1.36. The smallest absolute Gasteiger partial charge is 0.191 e. The SMILES string of the molecule is CN=C(NCC(C)Cn1cccn1)NCC1CCCN1Cc1ccccc1. The van der Waals surface area contributed by atoms with Crippen LogP contribution in [0.2, 0.25) is 0 Å². The highest BCUT2D eigenvalue weighted by molar-refractivity contribution is 5.79. The van der Waals surface area contributed by atoms with E-state index >= 15 is 0 Å². The zero-order valence-corrected chi connectivity index (χ0v) is 16.5. The molecule has 1 aromatic carbocycles. The van der Waals surface area contributed by atoms with E-state index in [2.05, 4.69) is 62.9 Å². The van der Waals surface area contributed by atoms with Gasteiger partial charge in [-0.1, -0.05) is 37.3 Å². The Morgan fingerprint density at radius 1 is 1.26 bits per heavy atom. The lowest BCUT2D eigenvalue weighted by Crippen LogP contribution is -2.45. The van der Waals surface area contributed by atoms with Crippen LogP contribution < -0.4 is 10.6 Å². The fourth-order valence-corrected chi connectivity index (χ4v) is 3.65. The zero-order valence-electron chi connectivity index (χ0n) is 16.5. The Morgan fingerprint density at radius 2 is 2.11 bits per heavy atom. The van der Waals surface area contributed by atoms with Gasteiger partial charge < -0.3 is 10.6 Å². The number of aliphatic imine (C=N–C) groups is 1. The molecule has 1 aliphatic rings. The van der Waals surface area contributed by atoms with Gasteiger partial charge in [0.15, 0.2) is 5.96 Å². The Balaban J connectivity index is 1.41. The number of aromatic nitrogens is 2. The highest BCUT2D eigenvalue weighted by Crippen LogP contribution is 2.19. The van der Waals surface area contributed by atoms with Gasteiger partial charge in [0, 0.05) is 51.7 Å². The van der Waals surface area contributed by atoms with Crippen molar-refractivity contribution in [1.82, 2.24) is 25.3 Å². The highest BCUT2D eigenvalue weighted by atomic mass is 15.3. The van der Waals surface area contributed by atoms with Crippen molar-refractivity contribution in [3.8, 4) is 0 Å². The average Bonchev–Trinajstić information content (AvgIpc) is 3.35. The second-order valence-electron chi connectivity index (χ2n) is 7.42. The molecule has 1 fully saturated rings. The minimum atomic E-state index is 0.476. The van der Waals surface area contributed by atoms with Crippen LogP contribution >= 0.6 is 0 Å². The Kier molecular flexibility index (Phi) is 7.27. The first-order valence-corrected chi connectivity index (χ1v) is 9.94. The predicted octanol–water partition coefficient (Wildman–Crippen LogP) is 2.35. The number of hydrogen-bond acceptors (Lipinski definition) is 3. The molecule has 2 heterocycles. The molecule has 27 heavy (non-hydrogen) atoms. The van der Waals surface area contributed by atoms with Crippen molar-refractivity contribution in [3.63, 3.8) is 0 Å². The van der Waals surface area contributed by atoms with Gasteiger partial charge in [-0.25, -0.2) is 0 Å². The van der Waals surface area contributed by atoms with E-state index in [9.17, 15) is 0 Å². The largest absolute Gasteiger partial charge is 0.356 e. The Bertz CT molecular complexity index is 682. The lowest BCUT2D eigenvalue weighted by molar-refractivity contribution is 0.245. The Labute approximate surface area is 162 Å². The third kappa shape index (κ3) is 6.10. The van der Waals surface area contributed by atoms with Gasteiger partial charge in [0.25, 0.3) is 0 Å². The maximum absolute atomic E-state index is 4.38. The quantitative estimate of drug-likeness (QED) is 0.555. The molecule has 0 bridgehead atoms. The number of nitrogens with one attached hydrogen (secondary N) is 2. The summed E-state index contributed by atoms with van der Waals surface area (Å²) in [5, 5.41) is 11.2. The molecule has 1 aliphatic heterocycles. The van der Waals surface area contributed by atoms with Crippen LogP contribution in [-0.4, -0.2) is 53.4 Å². The van der Waals surface area contributed by atoms with E-state index < -0.39 is 0 Å². The van der Waals surface area contributed by atoms with Crippen LogP contribution in [0.3, 0.4) is 0 Å². The second-order valence-corrected chi connectivity index (χ2v) is 7.42. The van der Waals surface area contributed by atoms with Crippen LogP contribution in [0, 0.1) is 5.92 Å². The molecule has 2 atom stereocenters. The molecular formula is C21H32N6. The molecule has 0 radical (unpaired) electrons. The normalized spacial score (nSPS) is 19.2. The van der Waals surface area contributed by atoms with E-state index in [0.717, 1.165) is 32.1 Å². The van der Waals surface area contributed by atoms with E-state index in [-0.39, 0.29) is 0 Å². The van der Waals surface area contributed by atoms with Gasteiger partial charge in [-0.05, 0) is 36.9 Å². The van der Waals surface area contributed by atoms with Crippen LogP contribution in [0.25, 0.3) is 0 Å². The fraction of sp³-hybridized carbons (Fsp3) is 0.524. The van der Waals surface area contributed by atoms with E-state index in [4.69, 9.17) is 0 Å². The molecule has 0 spiro atoms. The van der Waals surface area contributed by atoms with Crippen molar-refractivity contribution in [2.24, 2.45) is 10.9 Å². The summed E-state index contributed by atoms with van der Waals surface area (Å²) < 4.78 is 1.97. The van der Waals surface area contributed by atoms with Crippen molar-refractivity contribution in [1.29, 1.82) is 0 Å². The number of guanidine groups is 1. The first-order valence-electron chi connectivity index (χ1n) is 9.94. The van der Waals surface area contributed by atoms with Crippen LogP contribution in [0.15, 0.2) is 53.8 Å². The van der Waals surface area contributed by atoms with Crippen molar-refractivity contribution in [2.45, 2.75) is 38.9 Å². The molecule has 2 N–H and O–H groups in total. The molecular weight excluding hydrogens is 336 g/mol. The van der Waals surface area contributed by atoms with Gasteiger partial charge in [0.05, 0.1) is 0 Å². The van der Waals surface area contributed by atoms with Crippen molar-refractivity contribution in [3.05, 3.63) is 54.4 Å². The Morgan fingerprint density at radius 3 is 2.85 bits per heavy atom. The summed E-state index contributed by atoms with van der Waals surface area (Å²) in [5.41, 5.74) is 1.39. The molecule has 146 valence electrons. The standard InChI is InChI=1S/C21H32N6/c1-18(16-27-13-7-11-25-27)14-23-21(22-2)24-15-20-10-6-12-26(20)17-19-8-4-3-5-9-19/h3-5,7-9,11,13,18,20H,6,10,12,14-17H2,1-2H3,(H2,22,23,24). The van der Waals surface area contributed by atoms with E-state index in [1.165, 1.54) is 24.9 Å². The first kappa shape index (κ1) is 19.4. The zero-order chi connectivity index (χ0) is 18.9. The van der Waals surface area contributed by atoms with E-state index in [0.29, 0.717) is 12.0 Å². The minimum Gasteiger partial charge on any atom is -0.356 e. The molecule has 1 aromatic heterocycles. The van der Waals surface area contributed by atoms with Gasteiger partial charge >= 0.3 is 0 Å². The molecule has 1 saturated heterocycles. The van der Waals surface area contributed by atoms with Gasteiger partial charge in [0.1, 0.15) is 0 Å². The van der Waals surface area contributed by atoms with E-state index in [1.807, 2.05) is 30.2 Å². The van der Waals surface area contributed by atoms with Gasteiger partial charge in [-0.3, -0.25) is 14.6 Å². The molecule has 0 amide bonds. The Hall–Kier alpha value is -2.34. The third-order valence-corrected chi connectivity index (χ3v) is 5.13. The summed E-state index contributed by atoms with van der Waals surface area (Å²) in [6.07, 6.45) is 6.34. The number of likely N-dealkylation sites (tertiary alicyclic amines) is 1. The molecule has 2 unspecified atom stereocenters. The molecule has 6 nitrogen and oxygen atoms in total. The number of rotatable bonds is 8. The molecule has 0 aliphatic carbocycles. The lowest BCUT2D eigenvalue weighted by atomic mass is 10.2. The first-order chi connectivity index (χ1) is 13.2. The van der Waals surface area contributed by atoms with Crippen LogP contribution in [0.1, 0.15) is 25.3 Å². The lowest BCUT2D eigenvalue weighted by Gasteiger charge is -2.26. The predicted molar refractivity (Wildman–Crippen MR) is 111 cm³/mol. The minimum absolute atomic E-state index is 0.476. The monoisotopic (exact) mass is 368 g/mol. The van der Waals surface area contributed by atoms with Crippen molar-refractivity contribution >= 4 is 5.96 Å². The number of benzene rings is 1. The van der Waals surface area contributed by atoms with Gasteiger partial charge in [-0.2, -0.15) is 5.10 Å². The van der Waals surface area contributed by atoms with Crippen LogP contribution in [-0.2, 0) is 13.1 Å². The van der Waals surface area contributed by atoms with Gasteiger partial charge in [-0.15, -0.1) is 0 Å². The average molecular weight is 369 g/mol. The molecule has 2 aromatic rings. The van der Waals surface area contributed by atoms with Crippen molar-refractivity contribution in [2.75, 3.05) is 26.7 Å². The summed E-state index contributed by atoms with van der Waals surface area (Å²) in [4.78, 5) is 6.96.